The van der Waals surface area contributed by atoms with Crippen LogP contribution in [-0.4, -0.2) is 51.5 Å². The summed E-state index contributed by atoms with van der Waals surface area (Å²) in [5.41, 5.74) is 1.89. The highest BCUT2D eigenvalue weighted by Gasteiger charge is 2.55. The fraction of sp³-hybridized carbons (Fsp3) is 0.667. The fourth-order valence-electron chi connectivity index (χ4n) is 8.27. The van der Waals surface area contributed by atoms with E-state index in [0.29, 0.717) is 29.9 Å². The molecule has 0 amide bonds. The summed E-state index contributed by atoms with van der Waals surface area (Å²) in [5, 5.41) is 31.5. The number of rotatable bonds is 10. The number of anilines is 2. The number of aliphatic hydroxyl groups is 1. The molecule has 0 aliphatic heterocycles. The van der Waals surface area contributed by atoms with E-state index in [1.807, 2.05) is 12.3 Å². The molecule has 9 heteroatoms. The molecule has 0 spiro atoms. The van der Waals surface area contributed by atoms with Crippen LogP contribution in [0.1, 0.15) is 68.9 Å². The van der Waals surface area contributed by atoms with E-state index in [0.717, 1.165) is 73.0 Å². The van der Waals surface area contributed by atoms with Gasteiger partial charge < -0.3 is 21.1 Å². The molecule has 4 N–H and O–H groups in total. The molecule has 7 rings (SSSR count). The van der Waals surface area contributed by atoms with Gasteiger partial charge in [0.2, 0.25) is 5.95 Å². The van der Waals surface area contributed by atoms with Crippen LogP contribution < -0.4 is 16.0 Å². The lowest BCUT2D eigenvalue weighted by Crippen LogP contribution is -2.60. The first kappa shape index (κ1) is 26.8. The van der Waals surface area contributed by atoms with Gasteiger partial charge in [0, 0.05) is 30.9 Å². The zero-order valence-electron chi connectivity index (χ0n) is 22.9. The van der Waals surface area contributed by atoms with Gasteiger partial charge in [0.1, 0.15) is 22.5 Å². The lowest BCUT2D eigenvalue weighted by molar-refractivity contribution is -0.0704. The smallest absolute Gasteiger partial charge is 0.224 e. The van der Waals surface area contributed by atoms with Crippen LogP contribution in [0, 0.1) is 40.4 Å². The van der Waals surface area contributed by atoms with Crippen LogP contribution in [0.25, 0.3) is 0 Å². The zero-order valence-corrected chi connectivity index (χ0v) is 23.7. The average Bonchev–Trinajstić information content (AvgIpc) is 2.95. The Morgan fingerprint density at radius 3 is 2.64 bits per heavy atom. The van der Waals surface area contributed by atoms with Gasteiger partial charge in [0.05, 0.1) is 12.3 Å². The largest absolute Gasteiger partial charge is 0.393 e. The summed E-state index contributed by atoms with van der Waals surface area (Å²) in [4.78, 5) is 13.5. The highest BCUT2D eigenvalue weighted by Crippen LogP contribution is 2.60. The van der Waals surface area contributed by atoms with Crippen molar-refractivity contribution in [3.8, 4) is 6.07 Å². The molecule has 208 valence electrons. The molecule has 0 radical (unpaired) electrons. The molecule has 5 aliphatic carbocycles. The molecule has 4 bridgehead atoms. The van der Waals surface area contributed by atoms with Gasteiger partial charge >= 0.3 is 0 Å². The number of aromatic nitrogens is 3. The first-order valence-electron chi connectivity index (χ1n) is 14.7. The summed E-state index contributed by atoms with van der Waals surface area (Å²) >= 11 is 1.62. The third-order valence-corrected chi connectivity index (χ3v) is 10.6. The molecule has 8 nitrogen and oxygen atoms in total. The molecule has 5 fully saturated rings. The summed E-state index contributed by atoms with van der Waals surface area (Å²) in [7, 11) is 0. The van der Waals surface area contributed by atoms with Crippen LogP contribution in [0.5, 0.6) is 0 Å². The third-order valence-electron chi connectivity index (χ3n) is 9.88. The number of nitrogens with one attached hydrogen (secondary N) is 3. The highest BCUT2D eigenvalue weighted by atomic mass is 32.2. The van der Waals surface area contributed by atoms with Crippen LogP contribution in [0.4, 0.5) is 11.8 Å². The molecular weight excluding hydrogens is 506 g/mol. The predicted molar refractivity (Wildman–Crippen MR) is 154 cm³/mol. The van der Waals surface area contributed by atoms with Crippen molar-refractivity contribution in [2.75, 3.05) is 30.0 Å². The van der Waals surface area contributed by atoms with Gasteiger partial charge in [0.25, 0.3) is 0 Å². The molecular formula is C30H41N7OS. The van der Waals surface area contributed by atoms with E-state index in [2.05, 4.69) is 38.1 Å². The molecule has 5 aliphatic rings. The van der Waals surface area contributed by atoms with Crippen molar-refractivity contribution in [1.29, 1.82) is 5.26 Å². The third kappa shape index (κ3) is 5.89. The minimum absolute atomic E-state index is 0.0766. The number of nitrogens with zero attached hydrogens (tertiary/aromatic N) is 4. The number of hydrogen-bond acceptors (Lipinski definition) is 9. The Hall–Kier alpha value is -2.41. The summed E-state index contributed by atoms with van der Waals surface area (Å²) in [5.74, 6) is 4.20. The van der Waals surface area contributed by atoms with Crippen LogP contribution in [0.3, 0.4) is 0 Å². The highest BCUT2D eigenvalue weighted by molar-refractivity contribution is 7.98. The Morgan fingerprint density at radius 2 is 1.90 bits per heavy atom. The van der Waals surface area contributed by atoms with Crippen LogP contribution in [0.2, 0.25) is 0 Å². The molecule has 3 unspecified atom stereocenters. The van der Waals surface area contributed by atoms with Crippen molar-refractivity contribution in [3.63, 3.8) is 0 Å². The second kappa shape index (κ2) is 11.6. The van der Waals surface area contributed by atoms with E-state index in [1.165, 1.54) is 32.1 Å². The average molecular weight is 548 g/mol. The van der Waals surface area contributed by atoms with Crippen LogP contribution in [-0.2, 0) is 6.54 Å². The summed E-state index contributed by atoms with van der Waals surface area (Å²) in [6.07, 6.45) is 16.1. The second-order valence-electron chi connectivity index (χ2n) is 12.5. The Bertz CT molecular complexity index is 1180. The van der Waals surface area contributed by atoms with Crippen molar-refractivity contribution in [2.45, 2.75) is 81.5 Å². The van der Waals surface area contributed by atoms with Gasteiger partial charge in [-0.1, -0.05) is 6.07 Å². The Labute approximate surface area is 236 Å². The maximum absolute atomic E-state index is 9.85. The van der Waals surface area contributed by atoms with Gasteiger partial charge in [-0.25, -0.2) is 9.97 Å². The van der Waals surface area contributed by atoms with Crippen LogP contribution >= 0.6 is 11.8 Å². The number of hydrogen-bond donors (Lipinski definition) is 4. The maximum Gasteiger partial charge on any atom is 0.224 e. The molecule has 2 heterocycles. The molecule has 0 aromatic carbocycles. The summed E-state index contributed by atoms with van der Waals surface area (Å²) in [6, 6.07) is 6.92. The standard InChI is InChI=1S/C30H41N7OS/c1-39-28-21(3-2-8-32-28)16-34-29-35-17-24(14-31)27(37-29)36-18-30-11-20-9-22(12-30)26(23(10-20)13-30)33-15-19-4-6-25(38)7-5-19/h2-3,8,17,19-20,22-23,25-26,33,38H,4-7,9-13,15-16,18H2,1H3,(H2,34,35,36,37)/t19?,20?,22-,23+,25?,26?,30?. The minimum atomic E-state index is -0.0766. The number of aliphatic hydroxyl groups excluding tert-OH is 1. The van der Waals surface area contributed by atoms with Crippen molar-refractivity contribution in [3.05, 3.63) is 35.7 Å². The minimum Gasteiger partial charge on any atom is -0.393 e. The Balaban J connectivity index is 1.08. The van der Waals surface area contributed by atoms with Crippen molar-refractivity contribution in [2.24, 2.45) is 29.1 Å². The first-order chi connectivity index (χ1) is 19.0. The van der Waals surface area contributed by atoms with E-state index in [1.54, 1.807) is 24.2 Å². The topological polar surface area (TPSA) is 119 Å². The van der Waals surface area contributed by atoms with E-state index < -0.39 is 0 Å². The van der Waals surface area contributed by atoms with Gasteiger partial charge in [0.15, 0.2) is 0 Å². The zero-order chi connectivity index (χ0) is 26.8. The SMILES string of the molecule is CSc1ncccc1CNc1ncc(C#N)c(NCC23CC4C[C@H](C2)C(NCC2CCC(O)CC2)[C@@H](C4)C3)n1. The fourth-order valence-corrected chi connectivity index (χ4v) is 8.83. The van der Waals surface area contributed by atoms with E-state index in [9.17, 15) is 10.4 Å². The number of pyridine rings is 1. The van der Waals surface area contributed by atoms with Crippen molar-refractivity contribution < 1.29 is 5.11 Å². The summed E-state index contributed by atoms with van der Waals surface area (Å²) in [6.45, 7) is 2.56. The lowest BCUT2D eigenvalue weighted by atomic mass is 9.48. The van der Waals surface area contributed by atoms with E-state index in [-0.39, 0.29) is 11.5 Å². The maximum atomic E-state index is 9.85. The molecule has 2 aromatic rings. The van der Waals surface area contributed by atoms with Crippen LogP contribution in [0.15, 0.2) is 29.6 Å². The molecule has 2 aromatic heterocycles. The van der Waals surface area contributed by atoms with E-state index >= 15 is 0 Å². The monoisotopic (exact) mass is 547 g/mol. The lowest BCUT2D eigenvalue weighted by Gasteiger charge is -2.60. The van der Waals surface area contributed by atoms with E-state index in [4.69, 9.17) is 4.98 Å². The Morgan fingerprint density at radius 1 is 1.10 bits per heavy atom. The van der Waals surface area contributed by atoms with Gasteiger partial charge in [-0.15, -0.1) is 11.8 Å². The summed E-state index contributed by atoms with van der Waals surface area (Å²) < 4.78 is 0. The van der Waals surface area contributed by atoms with Crippen molar-refractivity contribution >= 4 is 23.5 Å². The number of nitriles is 1. The molecule has 0 saturated heterocycles. The second-order valence-corrected chi connectivity index (χ2v) is 13.3. The number of thioether (sulfide) groups is 1. The molecule has 5 atom stereocenters. The van der Waals surface area contributed by atoms with Gasteiger partial charge in [-0.3, -0.25) is 0 Å². The van der Waals surface area contributed by atoms with Gasteiger partial charge in [-0.05, 0) is 106 Å². The van der Waals surface area contributed by atoms with Crippen molar-refractivity contribution in [1.82, 2.24) is 20.3 Å². The normalized spacial score (nSPS) is 33.1. The molecule has 39 heavy (non-hydrogen) atoms. The first-order valence-corrected chi connectivity index (χ1v) is 15.9. The Kier molecular flexibility index (Phi) is 7.97. The quantitative estimate of drug-likeness (QED) is 0.310. The predicted octanol–water partition coefficient (Wildman–Crippen LogP) is 4.82. The van der Waals surface area contributed by atoms with Gasteiger partial charge in [-0.2, -0.15) is 10.2 Å². The molecule has 5 saturated carbocycles.